The molecule has 3 N–H and O–H groups in total. The third-order valence-electron chi connectivity index (χ3n) is 1.80. The molecular weight excluding hydrogens is 246 g/mol. The van der Waals surface area contributed by atoms with Crippen LogP contribution in [0.4, 0.5) is 17.6 Å². The monoisotopic (exact) mass is 253 g/mol. The summed E-state index contributed by atoms with van der Waals surface area (Å²) in [7, 11) is 0. The summed E-state index contributed by atoms with van der Waals surface area (Å²) in [4.78, 5) is 10.3. The van der Waals surface area contributed by atoms with Crippen molar-refractivity contribution in [2.75, 3.05) is 6.61 Å². The Morgan fingerprint density at radius 2 is 1.76 bits per heavy atom. The van der Waals surface area contributed by atoms with Gasteiger partial charge in [0, 0.05) is 6.07 Å². The van der Waals surface area contributed by atoms with Crippen LogP contribution in [0, 0.1) is 23.3 Å². The molecule has 4 nitrogen and oxygen atoms in total. The number of carboxylic acids is 1. The highest BCUT2D eigenvalue weighted by molar-refractivity contribution is 5.73. The van der Waals surface area contributed by atoms with Crippen LogP contribution in [-0.4, -0.2) is 23.7 Å². The van der Waals surface area contributed by atoms with E-state index in [1.807, 2.05) is 0 Å². The van der Waals surface area contributed by atoms with E-state index in [0.29, 0.717) is 0 Å². The first kappa shape index (κ1) is 13.2. The van der Waals surface area contributed by atoms with Gasteiger partial charge in [-0.05, 0) is 0 Å². The van der Waals surface area contributed by atoms with E-state index in [9.17, 15) is 22.4 Å². The molecule has 0 bridgehead atoms. The summed E-state index contributed by atoms with van der Waals surface area (Å²) in [5, 5.41) is 8.37. The number of hydrogen-bond donors (Lipinski definition) is 2. The maximum atomic E-state index is 13.0. The lowest BCUT2D eigenvalue weighted by Gasteiger charge is -2.11. The molecule has 1 aromatic carbocycles. The summed E-state index contributed by atoms with van der Waals surface area (Å²) in [5.74, 6) is -9.62. The van der Waals surface area contributed by atoms with Gasteiger partial charge >= 0.3 is 5.97 Å². The number of carboxylic acid groups (broad SMARTS) is 1. The van der Waals surface area contributed by atoms with Crippen LogP contribution >= 0.6 is 0 Å². The minimum atomic E-state index is -1.75. The Labute approximate surface area is 92.6 Å². The fourth-order valence-corrected chi connectivity index (χ4v) is 0.922. The molecule has 0 spiro atoms. The van der Waals surface area contributed by atoms with E-state index in [2.05, 4.69) is 4.74 Å². The highest BCUT2D eigenvalue weighted by Gasteiger charge is 2.22. The predicted molar refractivity (Wildman–Crippen MR) is 47.4 cm³/mol. The van der Waals surface area contributed by atoms with Gasteiger partial charge in [0.15, 0.2) is 17.4 Å². The van der Waals surface area contributed by atoms with Crippen molar-refractivity contribution in [1.29, 1.82) is 0 Å². The second-order valence-electron chi connectivity index (χ2n) is 3.05. The molecule has 0 saturated carbocycles. The van der Waals surface area contributed by atoms with Gasteiger partial charge in [0.25, 0.3) is 0 Å². The molecule has 0 heterocycles. The zero-order valence-corrected chi connectivity index (χ0v) is 8.21. The van der Waals surface area contributed by atoms with E-state index in [4.69, 9.17) is 10.8 Å². The summed E-state index contributed by atoms with van der Waals surface area (Å²) >= 11 is 0. The molecule has 0 aliphatic rings. The highest BCUT2D eigenvalue weighted by atomic mass is 19.2. The first-order valence-corrected chi connectivity index (χ1v) is 4.28. The predicted octanol–water partition coefficient (Wildman–Crippen LogP) is 1.03. The van der Waals surface area contributed by atoms with Crippen LogP contribution in [0.15, 0.2) is 6.07 Å². The lowest BCUT2D eigenvalue weighted by molar-refractivity contribution is -0.139. The molecule has 1 rings (SSSR count). The van der Waals surface area contributed by atoms with Crippen molar-refractivity contribution in [3.05, 3.63) is 29.3 Å². The van der Waals surface area contributed by atoms with Gasteiger partial charge < -0.3 is 15.6 Å². The Kier molecular flexibility index (Phi) is 3.89. The lowest BCUT2D eigenvalue weighted by Crippen LogP contribution is -2.36. The molecular formula is C9H7F4NO3. The SMILES string of the molecule is NC(COc1c(F)c(F)cc(F)c1F)C(=O)O. The molecule has 0 amide bonds. The van der Waals surface area contributed by atoms with Crippen LogP contribution in [0.5, 0.6) is 5.75 Å². The molecule has 0 saturated heterocycles. The van der Waals surface area contributed by atoms with Crippen molar-refractivity contribution in [1.82, 2.24) is 0 Å². The van der Waals surface area contributed by atoms with E-state index in [0.717, 1.165) is 0 Å². The molecule has 0 aliphatic carbocycles. The molecule has 1 unspecified atom stereocenters. The van der Waals surface area contributed by atoms with Crippen molar-refractivity contribution in [3.63, 3.8) is 0 Å². The molecule has 0 aromatic heterocycles. The van der Waals surface area contributed by atoms with Crippen LogP contribution in [-0.2, 0) is 4.79 Å². The van der Waals surface area contributed by atoms with Crippen LogP contribution in [0.2, 0.25) is 0 Å². The molecule has 1 aromatic rings. The third kappa shape index (κ3) is 2.84. The van der Waals surface area contributed by atoms with Crippen molar-refractivity contribution < 1.29 is 32.2 Å². The number of benzene rings is 1. The number of halogens is 4. The Balaban J connectivity index is 2.95. The lowest BCUT2D eigenvalue weighted by atomic mass is 10.3. The topological polar surface area (TPSA) is 72.5 Å². The fraction of sp³-hybridized carbons (Fsp3) is 0.222. The molecule has 17 heavy (non-hydrogen) atoms. The average molecular weight is 253 g/mol. The second kappa shape index (κ2) is 5.00. The average Bonchev–Trinajstić information content (AvgIpc) is 2.26. The first-order valence-electron chi connectivity index (χ1n) is 4.28. The Morgan fingerprint density at radius 3 is 2.18 bits per heavy atom. The number of aliphatic carboxylic acids is 1. The number of rotatable bonds is 4. The van der Waals surface area contributed by atoms with Gasteiger partial charge in [-0.1, -0.05) is 0 Å². The van der Waals surface area contributed by atoms with Gasteiger partial charge in [-0.2, -0.15) is 8.78 Å². The van der Waals surface area contributed by atoms with Crippen molar-refractivity contribution in [3.8, 4) is 5.75 Å². The quantitative estimate of drug-likeness (QED) is 0.621. The van der Waals surface area contributed by atoms with Gasteiger partial charge in [0.2, 0.25) is 11.6 Å². The summed E-state index contributed by atoms with van der Waals surface area (Å²) in [6.45, 7) is -0.827. The van der Waals surface area contributed by atoms with E-state index in [-0.39, 0.29) is 6.07 Å². The smallest absolute Gasteiger partial charge is 0.324 e. The minimum Gasteiger partial charge on any atom is -0.485 e. The van der Waals surface area contributed by atoms with Gasteiger partial charge in [-0.3, -0.25) is 4.79 Å². The molecule has 1 atom stereocenters. The highest BCUT2D eigenvalue weighted by Crippen LogP contribution is 2.26. The standard InChI is InChI=1S/C9H7F4NO3/c10-3-1-4(11)7(13)8(6(3)12)17-2-5(14)9(15)16/h1,5H,2,14H2,(H,15,16). The third-order valence-corrected chi connectivity index (χ3v) is 1.80. The van der Waals surface area contributed by atoms with E-state index >= 15 is 0 Å². The first-order chi connectivity index (χ1) is 7.84. The van der Waals surface area contributed by atoms with E-state index in [1.165, 1.54) is 0 Å². The summed E-state index contributed by atoms with van der Waals surface area (Å²) in [6.07, 6.45) is 0. The number of nitrogens with two attached hydrogens (primary N) is 1. The van der Waals surface area contributed by atoms with E-state index in [1.54, 1.807) is 0 Å². The van der Waals surface area contributed by atoms with Gasteiger partial charge in [-0.15, -0.1) is 0 Å². The zero-order valence-electron chi connectivity index (χ0n) is 8.21. The number of ether oxygens (including phenoxy) is 1. The van der Waals surface area contributed by atoms with E-state index < -0.39 is 47.6 Å². The zero-order chi connectivity index (χ0) is 13.2. The largest absolute Gasteiger partial charge is 0.485 e. The van der Waals surface area contributed by atoms with Gasteiger partial charge in [-0.25, -0.2) is 8.78 Å². The molecule has 0 fully saturated rings. The normalized spacial score (nSPS) is 12.3. The molecule has 0 radical (unpaired) electrons. The van der Waals surface area contributed by atoms with Gasteiger partial charge in [0.1, 0.15) is 12.6 Å². The summed E-state index contributed by atoms with van der Waals surface area (Å²) < 4.78 is 55.7. The minimum absolute atomic E-state index is 0.00858. The summed E-state index contributed by atoms with van der Waals surface area (Å²) in [6, 6.07) is -1.56. The Hall–Kier alpha value is -1.83. The number of hydrogen-bond acceptors (Lipinski definition) is 3. The number of carbonyl (C=O) groups is 1. The molecule has 94 valence electrons. The summed E-state index contributed by atoms with van der Waals surface area (Å²) in [5.41, 5.74) is 4.98. The fourth-order valence-electron chi connectivity index (χ4n) is 0.922. The van der Waals surface area contributed by atoms with Crippen LogP contribution in [0.25, 0.3) is 0 Å². The van der Waals surface area contributed by atoms with Gasteiger partial charge in [0.05, 0.1) is 0 Å². The van der Waals surface area contributed by atoms with Crippen LogP contribution in [0.1, 0.15) is 0 Å². The van der Waals surface area contributed by atoms with Crippen molar-refractivity contribution >= 4 is 5.97 Å². The molecule has 8 heteroatoms. The van der Waals surface area contributed by atoms with Crippen LogP contribution in [0.3, 0.4) is 0 Å². The Morgan fingerprint density at radius 1 is 1.29 bits per heavy atom. The van der Waals surface area contributed by atoms with Crippen LogP contribution < -0.4 is 10.5 Å². The Bertz CT molecular complexity index is 426. The maximum Gasteiger partial charge on any atom is 0.324 e. The van der Waals surface area contributed by atoms with Crippen molar-refractivity contribution in [2.24, 2.45) is 5.73 Å². The second-order valence-corrected chi connectivity index (χ2v) is 3.05. The van der Waals surface area contributed by atoms with Crippen molar-refractivity contribution in [2.45, 2.75) is 6.04 Å². The molecule has 0 aliphatic heterocycles. The maximum absolute atomic E-state index is 13.0.